The zero-order chi connectivity index (χ0) is 22.2. The topological polar surface area (TPSA) is 70.7 Å². The molecule has 166 valence electrons. The summed E-state index contributed by atoms with van der Waals surface area (Å²) in [6.45, 7) is 3.40. The van der Waals surface area contributed by atoms with Gasteiger partial charge in [-0.05, 0) is 67.9 Å². The van der Waals surface area contributed by atoms with E-state index in [1.165, 1.54) is 17.6 Å². The molecule has 1 heterocycles. The number of rotatable bonds is 7. The second-order valence-electron chi connectivity index (χ2n) is 7.54. The van der Waals surface area contributed by atoms with Crippen LogP contribution in [-0.2, 0) is 16.1 Å². The molecule has 2 aromatic carbocycles. The Kier molecular flexibility index (Phi) is 8.63. The van der Waals surface area contributed by atoms with E-state index in [-0.39, 0.29) is 0 Å². The first-order chi connectivity index (χ1) is 15.0. The van der Waals surface area contributed by atoms with E-state index in [0.717, 1.165) is 32.5 Å². The molecular weight excluding hydrogens is 434 g/mol. The third-order valence-corrected chi connectivity index (χ3v) is 6.53. The molecule has 1 aliphatic rings. The number of anilines is 1. The number of carbonyl (C=O) groups is 2. The van der Waals surface area contributed by atoms with Crippen LogP contribution in [0.3, 0.4) is 0 Å². The Morgan fingerprint density at radius 1 is 1.16 bits per heavy atom. The van der Waals surface area contributed by atoms with E-state index < -0.39 is 11.8 Å². The lowest BCUT2D eigenvalue weighted by Crippen LogP contribution is -2.41. The number of nitrogens with one attached hydrogen (secondary N) is 2. The number of hydrogen-bond donors (Lipinski definition) is 2. The molecule has 2 aromatic rings. The fourth-order valence-electron chi connectivity index (χ4n) is 3.70. The largest absolute Gasteiger partial charge is 0.495 e. The van der Waals surface area contributed by atoms with Gasteiger partial charge < -0.3 is 15.4 Å². The van der Waals surface area contributed by atoms with Crippen molar-refractivity contribution in [3.63, 3.8) is 0 Å². The molecule has 8 heteroatoms. The van der Waals surface area contributed by atoms with Crippen LogP contribution in [0.1, 0.15) is 18.4 Å². The first-order valence-corrected chi connectivity index (χ1v) is 11.9. The molecule has 0 radical (unpaired) electrons. The summed E-state index contributed by atoms with van der Waals surface area (Å²) in [6, 6.07) is 13.3. The molecule has 0 unspecified atom stereocenters. The predicted octanol–water partition coefficient (Wildman–Crippen LogP) is 4.04. The molecule has 0 saturated carbocycles. The van der Waals surface area contributed by atoms with Crippen LogP contribution in [0.25, 0.3) is 0 Å². The highest BCUT2D eigenvalue weighted by Crippen LogP contribution is 2.27. The van der Waals surface area contributed by atoms with Gasteiger partial charge in [0.05, 0.1) is 12.8 Å². The number of piperidine rings is 1. The van der Waals surface area contributed by atoms with Gasteiger partial charge in [-0.15, -0.1) is 11.8 Å². The van der Waals surface area contributed by atoms with Gasteiger partial charge in [0.1, 0.15) is 5.75 Å². The Morgan fingerprint density at radius 2 is 1.90 bits per heavy atom. The minimum atomic E-state index is -0.730. The molecule has 1 aliphatic heterocycles. The number of hydrogen-bond acceptors (Lipinski definition) is 5. The van der Waals surface area contributed by atoms with Crippen molar-refractivity contribution in [1.82, 2.24) is 10.2 Å². The van der Waals surface area contributed by atoms with Gasteiger partial charge in [-0.2, -0.15) is 0 Å². The quantitative estimate of drug-likeness (QED) is 0.481. The van der Waals surface area contributed by atoms with Gasteiger partial charge in [-0.1, -0.05) is 29.8 Å². The molecular formula is C23H28ClN3O3S. The standard InChI is InChI=1S/C23H28ClN3O3S/c1-30-20-8-7-18(24)13-19(20)26-23(29)22(28)25-14-16-9-11-27(12-10-16)15-17-5-3-4-6-21(17)31-2/h3-8,13,16H,9-12,14-15H2,1-2H3,(H,25,28)(H,26,29). The molecule has 0 aromatic heterocycles. The average molecular weight is 462 g/mol. The van der Waals surface area contributed by atoms with Gasteiger partial charge in [0.15, 0.2) is 0 Å². The fourth-order valence-corrected chi connectivity index (χ4v) is 4.48. The minimum Gasteiger partial charge on any atom is -0.495 e. The van der Waals surface area contributed by atoms with Crippen molar-refractivity contribution >= 4 is 40.9 Å². The third kappa shape index (κ3) is 6.63. The highest BCUT2D eigenvalue weighted by molar-refractivity contribution is 7.98. The lowest BCUT2D eigenvalue weighted by atomic mass is 9.96. The zero-order valence-electron chi connectivity index (χ0n) is 17.8. The van der Waals surface area contributed by atoms with E-state index in [2.05, 4.69) is 46.1 Å². The Bertz CT molecular complexity index is 917. The number of nitrogens with zero attached hydrogens (tertiary/aromatic N) is 1. The van der Waals surface area contributed by atoms with Gasteiger partial charge >= 0.3 is 11.8 Å². The van der Waals surface area contributed by atoms with Crippen LogP contribution in [0, 0.1) is 5.92 Å². The van der Waals surface area contributed by atoms with Gasteiger partial charge in [0.25, 0.3) is 0 Å². The molecule has 1 saturated heterocycles. The summed E-state index contributed by atoms with van der Waals surface area (Å²) in [5.74, 6) is -0.574. The van der Waals surface area contributed by atoms with Gasteiger partial charge in [-0.3, -0.25) is 14.5 Å². The Balaban J connectivity index is 1.43. The van der Waals surface area contributed by atoms with Crippen LogP contribution in [-0.4, -0.2) is 49.7 Å². The van der Waals surface area contributed by atoms with Gasteiger partial charge in [-0.25, -0.2) is 0 Å². The molecule has 2 N–H and O–H groups in total. The number of amides is 2. The smallest absolute Gasteiger partial charge is 0.313 e. The van der Waals surface area contributed by atoms with Crippen LogP contribution in [0.5, 0.6) is 5.75 Å². The molecule has 2 amide bonds. The second-order valence-corrected chi connectivity index (χ2v) is 8.82. The Labute approximate surface area is 192 Å². The van der Waals surface area contributed by atoms with Crippen molar-refractivity contribution in [2.75, 3.05) is 38.3 Å². The average Bonchev–Trinajstić information content (AvgIpc) is 2.79. The molecule has 0 aliphatic carbocycles. The maximum absolute atomic E-state index is 12.2. The summed E-state index contributed by atoms with van der Waals surface area (Å²) in [7, 11) is 1.49. The van der Waals surface area contributed by atoms with E-state index in [0.29, 0.717) is 28.9 Å². The van der Waals surface area contributed by atoms with Crippen molar-refractivity contribution in [2.24, 2.45) is 5.92 Å². The van der Waals surface area contributed by atoms with Crippen molar-refractivity contribution < 1.29 is 14.3 Å². The molecule has 31 heavy (non-hydrogen) atoms. The summed E-state index contributed by atoms with van der Waals surface area (Å²) >= 11 is 7.74. The summed E-state index contributed by atoms with van der Waals surface area (Å²) in [4.78, 5) is 28.3. The van der Waals surface area contributed by atoms with Crippen molar-refractivity contribution in [2.45, 2.75) is 24.3 Å². The summed E-state index contributed by atoms with van der Waals surface area (Å²) < 4.78 is 5.19. The molecule has 0 bridgehead atoms. The van der Waals surface area contributed by atoms with Crippen LogP contribution >= 0.6 is 23.4 Å². The summed E-state index contributed by atoms with van der Waals surface area (Å²) in [6.07, 6.45) is 4.09. The van der Waals surface area contributed by atoms with Gasteiger partial charge in [0, 0.05) is 23.0 Å². The lowest BCUT2D eigenvalue weighted by molar-refractivity contribution is -0.136. The van der Waals surface area contributed by atoms with Crippen LogP contribution in [0.4, 0.5) is 5.69 Å². The van der Waals surface area contributed by atoms with Crippen LogP contribution in [0.15, 0.2) is 47.4 Å². The Hall–Kier alpha value is -2.22. The maximum atomic E-state index is 12.2. The number of likely N-dealkylation sites (tertiary alicyclic amines) is 1. The van der Waals surface area contributed by atoms with Crippen LogP contribution < -0.4 is 15.4 Å². The highest BCUT2D eigenvalue weighted by Gasteiger charge is 2.22. The number of carbonyl (C=O) groups excluding carboxylic acids is 2. The second kappa shape index (κ2) is 11.4. The Morgan fingerprint density at radius 3 is 2.61 bits per heavy atom. The molecule has 6 nitrogen and oxygen atoms in total. The van der Waals surface area contributed by atoms with E-state index in [1.807, 2.05) is 0 Å². The minimum absolute atomic E-state index is 0.365. The SMILES string of the molecule is COc1ccc(Cl)cc1NC(=O)C(=O)NCC1CCN(Cc2ccccc2SC)CC1. The molecule has 0 atom stereocenters. The lowest BCUT2D eigenvalue weighted by Gasteiger charge is -2.32. The maximum Gasteiger partial charge on any atom is 0.313 e. The number of halogens is 1. The third-order valence-electron chi connectivity index (χ3n) is 5.46. The number of methoxy groups -OCH3 is 1. The molecule has 0 spiro atoms. The van der Waals surface area contributed by atoms with Crippen molar-refractivity contribution in [3.05, 3.63) is 53.1 Å². The van der Waals surface area contributed by atoms with Crippen molar-refractivity contribution in [3.8, 4) is 5.75 Å². The first kappa shape index (κ1) is 23.4. The highest BCUT2D eigenvalue weighted by atomic mass is 35.5. The molecule has 3 rings (SSSR count). The molecule has 1 fully saturated rings. The normalized spacial score (nSPS) is 14.8. The van der Waals surface area contributed by atoms with E-state index in [1.54, 1.807) is 30.0 Å². The van der Waals surface area contributed by atoms with E-state index in [9.17, 15) is 9.59 Å². The predicted molar refractivity (Wildman–Crippen MR) is 126 cm³/mol. The van der Waals surface area contributed by atoms with E-state index in [4.69, 9.17) is 16.3 Å². The fraction of sp³-hybridized carbons (Fsp3) is 0.391. The summed E-state index contributed by atoms with van der Waals surface area (Å²) in [5.41, 5.74) is 1.73. The number of thioether (sulfide) groups is 1. The van der Waals surface area contributed by atoms with Gasteiger partial charge in [0.2, 0.25) is 0 Å². The zero-order valence-corrected chi connectivity index (χ0v) is 19.4. The monoisotopic (exact) mass is 461 g/mol. The van der Waals surface area contributed by atoms with E-state index >= 15 is 0 Å². The van der Waals surface area contributed by atoms with Crippen LogP contribution in [0.2, 0.25) is 5.02 Å². The number of benzene rings is 2. The number of ether oxygens (including phenoxy) is 1. The van der Waals surface area contributed by atoms with Crippen molar-refractivity contribution in [1.29, 1.82) is 0 Å². The summed E-state index contributed by atoms with van der Waals surface area (Å²) in [5, 5.41) is 5.77. The first-order valence-electron chi connectivity index (χ1n) is 10.3.